The second-order valence-corrected chi connectivity index (χ2v) is 8.36. The molecule has 2 saturated heterocycles. The topological polar surface area (TPSA) is 83.8 Å². The number of hydrogen-bond donors (Lipinski definition) is 0. The molecule has 132 valence electrons. The summed E-state index contributed by atoms with van der Waals surface area (Å²) in [6, 6.07) is 4.34. The number of rotatable bonds is 4. The number of piperidine rings is 2. The molecule has 2 heterocycles. The third-order valence-electron chi connectivity index (χ3n) is 4.79. The van der Waals surface area contributed by atoms with Gasteiger partial charge in [-0.2, -0.15) is 4.31 Å². The fourth-order valence-electron chi connectivity index (χ4n) is 3.47. The van der Waals surface area contributed by atoms with E-state index in [-0.39, 0.29) is 10.6 Å². The van der Waals surface area contributed by atoms with Crippen molar-refractivity contribution in [3.8, 4) is 0 Å². The molecule has 7 nitrogen and oxygen atoms in total. The highest BCUT2D eigenvalue weighted by Gasteiger charge is 2.29. The summed E-state index contributed by atoms with van der Waals surface area (Å²) in [4.78, 5) is 13.0. The van der Waals surface area contributed by atoms with Crippen molar-refractivity contribution in [1.82, 2.24) is 4.31 Å². The van der Waals surface area contributed by atoms with E-state index in [4.69, 9.17) is 0 Å². The zero-order valence-electron chi connectivity index (χ0n) is 13.7. The smallest absolute Gasteiger partial charge is 0.293 e. The maximum Gasteiger partial charge on any atom is 0.293 e. The molecule has 0 saturated carbocycles. The molecule has 0 spiro atoms. The molecule has 0 atom stereocenters. The van der Waals surface area contributed by atoms with Crippen LogP contribution in [0.2, 0.25) is 0 Å². The van der Waals surface area contributed by atoms with Crippen LogP contribution in [0, 0.1) is 10.1 Å². The van der Waals surface area contributed by atoms with Gasteiger partial charge in [-0.25, -0.2) is 8.42 Å². The van der Waals surface area contributed by atoms with Crippen molar-refractivity contribution in [3.05, 3.63) is 28.3 Å². The van der Waals surface area contributed by atoms with Crippen LogP contribution in [0.1, 0.15) is 38.5 Å². The quantitative estimate of drug-likeness (QED) is 0.614. The summed E-state index contributed by atoms with van der Waals surface area (Å²) < 4.78 is 26.9. The first-order chi connectivity index (χ1) is 11.5. The Morgan fingerprint density at radius 1 is 0.917 bits per heavy atom. The van der Waals surface area contributed by atoms with E-state index in [1.807, 2.05) is 4.90 Å². The van der Waals surface area contributed by atoms with Gasteiger partial charge in [-0.05, 0) is 44.2 Å². The molecule has 2 fully saturated rings. The van der Waals surface area contributed by atoms with Gasteiger partial charge < -0.3 is 4.90 Å². The van der Waals surface area contributed by atoms with Crippen LogP contribution < -0.4 is 4.90 Å². The molecule has 0 N–H and O–H groups in total. The molecule has 0 bridgehead atoms. The summed E-state index contributed by atoms with van der Waals surface area (Å²) in [6.45, 7) is 2.53. The minimum Gasteiger partial charge on any atom is -0.366 e. The fraction of sp³-hybridized carbons (Fsp3) is 0.625. The van der Waals surface area contributed by atoms with Crippen LogP contribution in [0.5, 0.6) is 0 Å². The number of sulfonamides is 1. The van der Waals surface area contributed by atoms with E-state index in [1.165, 1.54) is 16.4 Å². The van der Waals surface area contributed by atoms with Crippen LogP contribution in [0.3, 0.4) is 0 Å². The Balaban J connectivity index is 1.95. The first kappa shape index (κ1) is 17.2. The largest absolute Gasteiger partial charge is 0.366 e. The molecule has 0 aliphatic carbocycles. The molecular weight excluding hydrogens is 330 g/mol. The third-order valence-corrected chi connectivity index (χ3v) is 6.69. The maximum absolute atomic E-state index is 12.7. The number of anilines is 1. The van der Waals surface area contributed by atoms with Crippen LogP contribution in [0.15, 0.2) is 23.1 Å². The lowest BCUT2D eigenvalue weighted by molar-refractivity contribution is -0.384. The first-order valence-corrected chi connectivity index (χ1v) is 9.98. The fourth-order valence-corrected chi connectivity index (χ4v) is 5.00. The molecule has 0 unspecified atom stereocenters. The van der Waals surface area contributed by atoms with Crippen LogP contribution >= 0.6 is 0 Å². The molecule has 0 aromatic heterocycles. The number of nitro benzene ring substituents is 1. The highest BCUT2D eigenvalue weighted by Crippen LogP contribution is 2.33. The van der Waals surface area contributed by atoms with Gasteiger partial charge in [-0.15, -0.1) is 0 Å². The SMILES string of the molecule is O=[N+]([O-])c1cc(S(=O)(=O)N2CCCCC2)ccc1N1CCCCC1. The molecule has 1 aromatic carbocycles. The summed E-state index contributed by atoms with van der Waals surface area (Å²) in [5.74, 6) is 0. The van der Waals surface area contributed by atoms with E-state index in [1.54, 1.807) is 6.07 Å². The van der Waals surface area contributed by atoms with E-state index in [9.17, 15) is 18.5 Å². The van der Waals surface area contributed by atoms with Gasteiger partial charge in [-0.1, -0.05) is 6.42 Å². The van der Waals surface area contributed by atoms with Gasteiger partial charge in [0.25, 0.3) is 5.69 Å². The van der Waals surface area contributed by atoms with E-state index < -0.39 is 14.9 Å². The van der Waals surface area contributed by atoms with Gasteiger partial charge in [0.15, 0.2) is 0 Å². The van der Waals surface area contributed by atoms with E-state index in [0.717, 1.165) is 51.6 Å². The first-order valence-electron chi connectivity index (χ1n) is 8.54. The Labute approximate surface area is 142 Å². The normalized spacial score (nSPS) is 20.1. The average molecular weight is 353 g/mol. The standard InChI is InChI=1S/C16H23N3O4S/c20-19(21)16-13-14(24(22,23)18-11-5-2-6-12-18)7-8-15(16)17-9-3-1-4-10-17/h7-8,13H,1-6,9-12H2. The number of nitrogens with zero attached hydrogens (tertiary/aromatic N) is 3. The summed E-state index contributed by atoms with van der Waals surface area (Å²) in [7, 11) is -3.66. The summed E-state index contributed by atoms with van der Waals surface area (Å²) in [6.07, 6.45) is 5.85. The van der Waals surface area contributed by atoms with Crippen molar-refractivity contribution in [3.63, 3.8) is 0 Å². The summed E-state index contributed by atoms with van der Waals surface area (Å²) >= 11 is 0. The zero-order chi connectivity index (χ0) is 17.2. The van der Waals surface area contributed by atoms with Crippen molar-refractivity contribution >= 4 is 21.4 Å². The molecular formula is C16H23N3O4S. The molecule has 0 amide bonds. The van der Waals surface area contributed by atoms with Crippen LogP contribution in [0.4, 0.5) is 11.4 Å². The lowest BCUT2D eigenvalue weighted by atomic mass is 10.1. The molecule has 3 rings (SSSR count). The third kappa shape index (κ3) is 3.39. The molecule has 2 aliphatic rings. The Hall–Kier alpha value is -1.67. The van der Waals surface area contributed by atoms with Crippen molar-refractivity contribution in [2.45, 2.75) is 43.4 Å². The summed E-state index contributed by atoms with van der Waals surface area (Å²) in [5, 5.41) is 11.5. The van der Waals surface area contributed by atoms with E-state index in [0.29, 0.717) is 18.8 Å². The lowest BCUT2D eigenvalue weighted by Gasteiger charge is -2.29. The highest BCUT2D eigenvalue weighted by atomic mass is 32.2. The molecule has 24 heavy (non-hydrogen) atoms. The number of hydrogen-bond acceptors (Lipinski definition) is 5. The van der Waals surface area contributed by atoms with Crippen molar-refractivity contribution in [2.75, 3.05) is 31.1 Å². The monoisotopic (exact) mass is 353 g/mol. The van der Waals surface area contributed by atoms with Gasteiger partial charge >= 0.3 is 0 Å². The Bertz CT molecular complexity index is 708. The second-order valence-electron chi connectivity index (χ2n) is 6.42. The summed E-state index contributed by atoms with van der Waals surface area (Å²) in [5.41, 5.74) is 0.410. The van der Waals surface area contributed by atoms with Crippen molar-refractivity contribution < 1.29 is 13.3 Å². The van der Waals surface area contributed by atoms with Gasteiger partial charge in [0, 0.05) is 32.2 Å². The molecule has 2 aliphatic heterocycles. The predicted octanol–water partition coefficient (Wildman–Crippen LogP) is 2.76. The Kier molecular flexibility index (Phi) is 5.05. The van der Waals surface area contributed by atoms with E-state index >= 15 is 0 Å². The minimum absolute atomic E-state index is 0.0249. The maximum atomic E-state index is 12.7. The number of benzene rings is 1. The highest BCUT2D eigenvalue weighted by molar-refractivity contribution is 7.89. The molecule has 8 heteroatoms. The lowest BCUT2D eigenvalue weighted by Crippen LogP contribution is -2.35. The van der Waals surface area contributed by atoms with Crippen molar-refractivity contribution in [1.29, 1.82) is 0 Å². The van der Waals surface area contributed by atoms with Crippen molar-refractivity contribution in [2.24, 2.45) is 0 Å². The van der Waals surface area contributed by atoms with Crippen LogP contribution in [0.25, 0.3) is 0 Å². The zero-order valence-corrected chi connectivity index (χ0v) is 14.5. The Morgan fingerprint density at radius 3 is 2.08 bits per heavy atom. The second kappa shape index (κ2) is 7.06. The predicted molar refractivity (Wildman–Crippen MR) is 91.8 cm³/mol. The van der Waals surface area contributed by atoms with Crippen LogP contribution in [-0.2, 0) is 10.0 Å². The molecule has 1 aromatic rings. The van der Waals surface area contributed by atoms with E-state index in [2.05, 4.69) is 0 Å². The number of nitro groups is 1. The van der Waals surface area contributed by atoms with Gasteiger partial charge in [0.05, 0.1) is 9.82 Å². The van der Waals surface area contributed by atoms with Crippen LogP contribution in [-0.4, -0.2) is 43.8 Å². The van der Waals surface area contributed by atoms with Gasteiger partial charge in [0.2, 0.25) is 10.0 Å². The average Bonchev–Trinajstić information content (AvgIpc) is 2.62. The van der Waals surface area contributed by atoms with Gasteiger partial charge in [0.1, 0.15) is 5.69 Å². The minimum atomic E-state index is -3.66. The van der Waals surface area contributed by atoms with Gasteiger partial charge in [-0.3, -0.25) is 10.1 Å². The molecule has 0 radical (unpaired) electrons. The Morgan fingerprint density at radius 2 is 1.50 bits per heavy atom.